The Balaban J connectivity index is 2.23. The molecule has 3 aromatic rings. The predicted octanol–water partition coefficient (Wildman–Crippen LogP) is 3.85. The molecule has 0 unspecified atom stereocenters. The lowest BCUT2D eigenvalue weighted by Crippen LogP contribution is -1.80. The first-order valence-corrected chi connectivity index (χ1v) is 5.76. The number of aromatic amines is 1. The number of hydrogen-bond acceptors (Lipinski definition) is 1. The van der Waals surface area contributed by atoms with Crippen molar-refractivity contribution in [1.29, 1.82) is 0 Å². The standard InChI is InChI=1S/C15H14N2/c1-10-3-6-12(7-4-10)15-13-9-11(2)5-8-14(13)16-17-15/h3-9H,1-2H3,(H,16,17). The summed E-state index contributed by atoms with van der Waals surface area (Å²) in [5.74, 6) is 0. The van der Waals surface area contributed by atoms with Crippen LogP contribution < -0.4 is 0 Å². The van der Waals surface area contributed by atoms with Crippen LogP contribution in [-0.4, -0.2) is 10.2 Å². The van der Waals surface area contributed by atoms with Crippen LogP contribution in [0.15, 0.2) is 42.5 Å². The number of nitrogens with zero attached hydrogens (tertiary/aromatic N) is 1. The van der Waals surface area contributed by atoms with Gasteiger partial charge in [-0.05, 0) is 26.0 Å². The molecule has 0 spiro atoms. The molecule has 2 nitrogen and oxygen atoms in total. The molecule has 84 valence electrons. The van der Waals surface area contributed by atoms with Crippen LogP contribution in [0.1, 0.15) is 11.1 Å². The minimum absolute atomic E-state index is 1.03. The van der Waals surface area contributed by atoms with Crippen LogP contribution in [0.5, 0.6) is 0 Å². The van der Waals surface area contributed by atoms with E-state index in [0.717, 1.165) is 16.8 Å². The number of fused-ring (bicyclic) bond motifs is 1. The molecule has 1 aromatic heterocycles. The second-order valence-corrected chi connectivity index (χ2v) is 4.49. The van der Waals surface area contributed by atoms with Gasteiger partial charge < -0.3 is 0 Å². The first kappa shape index (κ1) is 10.1. The number of benzene rings is 2. The van der Waals surface area contributed by atoms with E-state index in [2.05, 4.69) is 66.5 Å². The Hall–Kier alpha value is -2.09. The van der Waals surface area contributed by atoms with Crippen LogP contribution in [0.4, 0.5) is 0 Å². The van der Waals surface area contributed by atoms with Crippen molar-refractivity contribution in [3.63, 3.8) is 0 Å². The van der Waals surface area contributed by atoms with Gasteiger partial charge in [-0.2, -0.15) is 5.10 Å². The van der Waals surface area contributed by atoms with Crippen molar-refractivity contribution in [2.75, 3.05) is 0 Å². The number of aromatic nitrogens is 2. The molecule has 0 amide bonds. The minimum atomic E-state index is 1.03. The Bertz CT molecular complexity index is 663. The monoisotopic (exact) mass is 222 g/mol. The van der Waals surface area contributed by atoms with Gasteiger partial charge in [0.05, 0.1) is 11.2 Å². The van der Waals surface area contributed by atoms with E-state index in [1.165, 1.54) is 16.5 Å². The second kappa shape index (κ2) is 3.74. The molecule has 0 radical (unpaired) electrons. The Morgan fingerprint density at radius 2 is 1.59 bits per heavy atom. The zero-order chi connectivity index (χ0) is 11.8. The van der Waals surface area contributed by atoms with Gasteiger partial charge in [-0.1, -0.05) is 41.5 Å². The minimum Gasteiger partial charge on any atom is -0.277 e. The van der Waals surface area contributed by atoms with Crippen molar-refractivity contribution in [2.45, 2.75) is 13.8 Å². The molecular weight excluding hydrogens is 208 g/mol. The zero-order valence-corrected chi connectivity index (χ0v) is 9.99. The fraction of sp³-hybridized carbons (Fsp3) is 0.133. The highest BCUT2D eigenvalue weighted by Gasteiger charge is 2.07. The summed E-state index contributed by atoms with van der Waals surface area (Å²) in [6.07, 6.45) is 0. The molecule has 0 aliphatic carbocycles. The third-order valence-corrected chi connectivity index (χ3v) is 3.04. The molecule has 0 aliphatic rings. The first-order valence-electron chi connectivity index (χ1n) is 5.76. The molecule has 1 N–H and O–H groups in total. The van der Waals surface area contributed by atoms with E-state index in [4.69, 9.17) is 0 Å². The Labute approximate surface area is 100 Å². The summed E-state index contributed by atoms with van der Waals surface area (Å²) in [6.45, 7) is 4.20. The summed E-state index contributed by atoms with van der Waals surface area (Å²) in [5.41, 5.74) is 5.80. The Kier molecular flexibility index (Phi) is 2.22. The summed E-state index contributed by atoms with van der Waals surface area (Å²) in [5, 5.41) is 8.68. The van der Waals surface area contributed by atoms with E-state index in [9.17, 15) is 0 Å². The van der Waals surface area contributed by atoms with Crippen LogP contribution in [0.3, 0.4) is 0 Å². The summed E-state index contributed by atoms with van der Waals surface area (Å²) in [7, 11) is 0. The average molecular weight is 222 g/mol. The number of nitrogens with one attached hydrogen (secondary N) is 1. The maximum Gasteiger partial charge on any atom is 0.0999 e. The number of H-pyrrole nitrogens is 1. The van der Waals surface area contributed by atoms with Crippen molar-refractivity contribution in [3.8, 4) is 11.3 Å². The van der Waals surface area contributed by atoms with Gasteiger partial charge in [0.15, 0.2) is 0 Å². The lowest BCUT2D eigenvalue weighted by atomic mass is 10.1. The number of hydrogen-bond donors (Lipinski definition) is 1. The van der Waals surface area contributed by atoms with Gasteiger partial charge in [0.2, 0.25) is 0 Å². The highest BCUT2D eigenvalue weighted by molar-refractivity contribution is 5.93. The summed E-state index contributed by atoms with van der Waals surface area (Å²) in [4.78, 5) is 0. The lowest BCUT2D eigenvalue weighted by molar-refractivity contribution is 1.12. The van der Waals surface area contributed by atoms with Crippen LogP contribution in [0, 0.1) is 13.8 Å². The van der Waals surface area contributed by atoms with Crippen LogP contribution in [0.2, 0.25) is 0 Å². The molecule has 0 aliphatic heterocycles. The van der Waals surface area contributed by atoms with Gasteiger partial charge >= 0.3 is 0 Å². The maximum absolute atomic E-state index is 4.41. The Morgan fingerprint density at radius 3 is 2.35 bits per heavy atom. The molecule has 17 heavy (non-hydrogen) atoms. The van der Waals surface area contributed by atoms with Gasteiger partial charge in [0.1, 0.15) is 0 Å². The second-order valence-electron chi connectivity index (χ2n) is 4.49. The van der Waals surface area contributed by atoms with Gasteiger partial charge in [-0.15, -0.1) is 0 Å². The first-order chi connectivity index (χ1) is 8.24. The van der Waals surface area contributed by atoms with Crippen LogP contribution in [-0.2, 0) is 0 Å². The number of aryl methyl sites for hydroxylation is 2. The Morgan fingerprint density at radius 1 is 0.882 bits per heavy atom. The predicted molar refractivity (Wildman–Crippen MR) is 71.0 cm³/mol. The van der Waals surface area contributed by atoms with Gasteiger partial charge in [0, 0.05) is 10.9 Å². The summed E-state index contributed by atoms with van der Waals surface area (Å²) < 4.78 is 0. The highest BCUT2D eigenvalue weighted by atomic mass is 15.1. The fourth-order valence-electron chi connectivity index (χ4n) is 2.06. The van der Waals surface area contributed by atoms with Gasteiger partial charge in [-0.25, -0.2) is 0 Å². The maximum atomic E-state index is 4.41. The molecule has 3 rings (SSSR count). The molecule has 0 bridgehead atoms. The van der Waals surface area contributed by atoms with Crippen molar-refractivity contribution >= 4 is 10.9 Å². The van der Waals surface area contributed by atoms with E-state index >= 15 is 0 Å². The smallest absolute Gasteiger partial charge is 0.0999 e. The quantitative estimate of drug-likeness (QED) is 0.665. The summed E-state index contributed by atoms with van der Waals surface area (Å²) in [6, 6.07) is 14.8. The molecular formula is C15H14N2. The fourth-order valence-corrected chi connectivity index (χ4v) is 2.06. The molecule has 2 heteroatoms. The van der Waals surface area contributed by atoms with E-state index in [1.807, 2.05) is 0 Å². The third-order valence-electron chi connectivity index (χ3n) is 3.04. The molecule has 0 fully saturated rings. The molecule has 0 saturated heterocycles. The van der Waals surface area contributed by atoms with Gasteiger partial charge in [0.25, 0.3) is 0 Å². The topological polar surface area (TPSA) is 28.7 Å². The van der Waals surface area contributed by atoms with E-state index in [0.29, 0.717) is 0 Å². The lowest BCUT2D eigenvalue weighted by Gasteiger charge is -1.99. The van der Waals surface area contributed by atoms with E-state index < -0.39 is 0 Å². The number of rotatable bonds is 1. The van der Waals surface area contributed by atoms with Crippen LogP contribution in [0.25, 0.3) is 22.2 Å². The van der Waals surface area contributed by atoms with Crippen LogP contribution >= 0.6 is 0 Å². The van der Waals surface area contributed by atoms with Crippen molar-refractivity contribution in [2.24, 2.45) is 0 Å². The van der Waals surface area contributed by atoms with Crippen molar-refractivity contribution in [3.05, 3.63) is 53.6 Å². The SMILES string of the molecule is Cc1ccc(-c2n[nH]c3ccc(C)cc23)cc1. The largest absolute Gasteiger partial charge is 0.277 e. The van der Waals surface area contributed by atoms with Gasteiger partial charge in [-0.3, -0.25) is 5.10 Å². The highest BCUT2D eigenvalue weighted by Crippen LogP contribution is 2.26. The third kappa shape index (κ3) is 1.72. The average Bonchev–Trinajstić information content (AvgIpc) is 2.73. The van der Waals surface area contributed by atoms with E-state index in [1.54, 1.807) is 0 Å². The zero-order valence-electron chi connectivity index (χ0n) is 9.99. The summed E-state index contributed by atoms with van der Waals surface area (Å²) >= 11 is 0. The molecule has 0 saturated carbocycles. The van der Waals surface area contributed by atoms with E-state index in [-0.39, 0.29) is 0 Å². The van der Waals surface area contributed by atoms with Crippen molar-refractivity contribution < 1.29 is 0 Å². The molecule has 2 aromatic carbocycles. The molecule has 0 atom stereocenters. The normalized spacial score (nSPS) is 10.9. The van der Waals surface area contributed by atoms with Crippen molar-refractivity contribution in [1.82, 2.24) is 10.2 Å². The molecule has 1 heterocycles.